The highest BCUT2D eigenvalue weighted by Crippen LogP contribution is 2.18. The summed E-state index contributed by atoms with van der Waals surface area (Å²) in [4.78, 5) is 43.1. The number of hydrogen-bond donors (Lipinski definition) is 5. The molecule has 0 atom stereocenters. The lowest BCUT2D eigenvalue weighted by molar-refractivity contribution is 0.0637. The van der Waals surface area contributed by atoms with Gasteiger partial charge in [-0.1, -0.05) is 0 Å². The summed E-state index contributed by atoms with van der Waals surface area (Å²) in [6, 6.07) is 1.81. The Bertz CT molecular complexity index is 655. The van der Waals surface area contributed by atoms with E-state index in [1.807, 2.05) is 0 Å². The van der Waals surface area contributed by atoms with Gasteiger partial charge in [-0.05, 0) is 25.1 Å². The molecule has 1 rings (SSSR count). The lowest BCUT2D eigenvalue weighted by Gasteiger charge is -2.23. The van der Waals surface area contributed by atoms with Crippen LogP contribution in [0.25, 0.3) is 0 Å². The van der Waals surface area contributed by atoms with Crippen molar-refractivity contribution in [1.29, 1.82) is 0 Å². The van der Waals surface area contributed by atoms with E-state index in [1.165, 1.54) is 0 Å². The van der Waals surface area contributed by atoms with Gasteiger partial charge in [-0.15, -0.1) is 0 Å². The average Bonchev–Trinajstić information content (AvgIpc) is 2.68. The van der Waals surface area contributed by atoms with Crippen molar-refractivity contribution in [2.45, 2.75) is 12.5 Å². The van der Waals surface area contributed by atoms with Crippen LogP contribution in [0.2, 0.25) is 6.04 Å². The number of aromatic carboxylic acids is 4. The second-order valence-electron chi connectivity index (χ2n) is 5.35. The predicted molar refractivity (Wildman–Crippen MR) is 99.5 cm³/mol. The number of carbonyl (C=O) groups is 4. The van der Waals surface area contributed by atoms with E-state index in [0.29, 0.717) is 18.7 Å². The van der Waals surface area contributed by atoms with Gasteiger partial charge < -0.3 is 39.4 Å². The first-order valence-electron chi connectivity index (χ1n) is 7.96. The molecule has 0 saturated carbocycles. The van der Waals surface area contributed by atoms with Crippen LogP contribution < -0.4 is 5.73 Å². The molecule has 0 saturated heterocycles. The van der Waals surface area contributed by atoms with Crippen molar-refractivity contribution in [2.24, 2.45) is 5.73 Å². The number of hydrogen-bond acceptors (Lipinski definition) is 8. The molecule has 162 valence electrons. The minimum atomic E-state index is -2.32. The zero-order chi connectivity index (χ0) is 22.8. The van der Waals surface area contributed by atoms with Gasteiger partial charge in [-0.25, -0.2) is 19.2 Å². The molecule has 0 radical (unpaired) electrons. The van der Waals surface area contributed by atoms with Crippen LogP contribution in [0.4, 0.5) is 0 Å². The van der Waals surface area contributed by atoms with Gasteiger partial charge in [0.15, 0.2) is 0 Å². The standard InChI is InChI=1S/C10H6O8.C6H17NO3Si/c11-7(12)3-1-4(8(13)14)6(10(17)18)2-5(3)9(15)16;1-8-11(9-2,10-3)6-4-5-7/h1-2H,(H,11,12)(H,13,14)(H,15,16)(H,17,18);4-7H2,1-3H3. The third-order valence-electron chi connectivity index (χ3n) is 3.70. The van der Waals surface area contributed by atoms with Gasteiger partial charge in [0.25, 0.3) is 0 Å². The van der Waals surface area contributed by atoms with Crippen LogP contribution >= 0.6 is 0 Å². The molecule has 0 aliphatic carbocycles. The lowest BCUT2D eigenvalue weighted by Crippen LogP contribution is -2.42. The smallest absolute Gasteiger partial charge is 0.478 e. The summed E-state index contributed by atoms with van der Waals surface area (Å²) in [5, 5.41) is 35.0. The number of rotatable bonds is 10. The van der Waals surface area contributed by atoms with Crippen molar-refractivity contribution in [2.75, 3.05) is 27.9 Å². The Balaban J connectivity index is 0.000000614. The Kier molecular flexibility index (Phi) is 10.7. The van der Waals surface area contributed by atoms with Crippen LogP contribution in [0.3, 0.4) is 0 Å². The highest BCUT2D eigenvalue weighted by Gasteiger charge is 2.36. The Morgan fingerprint density at radius 3 is 1.21 bits per heavy atom. The fraction of sp³-hybridized carbons (Fsp3) is 0.375. The summed E-state index contributed by atoms with van der Waals surface area (Å²) in [5.41, 5.74) is 2.21. The highest BCUT2D eigenvalue weighted by molar-refractivity contribution is 6.60. The van der Waals surface area contributed by atoms with Crippen molar-refractivity contribution in [3.8, 4) is 0 Å². The van der Waals surface area contributed by atoms with Crippen molar-refractivity contribution in [3.05, 3.63) is 34.4 Å². The Morgan fingerprint density at radius 1 is 0.759 bits per heavy atom. The lowest BCUT2D eigenvalue weighted by atomic mass is 9.98. The van der Waals surface area contributed by atoms with Crippen molar-refractivity contribution >= 4 is 32.7 Å². The van der Waals surface area contributed by atoms with Crippen LogP contribution in [0.1, 0.15) is 47.9 Å². The zero-order valence-electron chi connectivity index (χ0n) is 16.0. The molecule has 1 aromatic carbocycles. The second kappa shape index (κ2) is 11.9. The summed E-state index contributed by atoms with van der Waals surface area (Å²) in [6.07, 6.45) is 0.877. The molecule has 0 fully saturated rings. The van der Waals surface area contributed by atoms with E-state index < -0.39 is 54.9 Å². The molecule has 1 aromatic rings. The molecule has 0 bridgehead atoms. The topological polar surface area (TPSA) is 203 Å². The van der Waals surface area contributed by atoms with E-state index in [-0.39, 0.29) is 0 Å². The molecular weight excluding hydrogens is 410 g/mol. The van der Waals surface area contributed by atoms with Gasteiger partial charge in [-0.2, -0.15) is 0 Å². The monoisotopic (exact) mass is 433 g/mol. The van der Waals surface area contributed by atoms with Crippen LogP contribution in [0.15, 0.2) is 12.1 Å². The summed E-state index contributed by atoms with van der Waals surface area (Å²) < 4.78 is 15.5. The van der Waals surface area contributed by atoms with Crippen LogP contribution in [0, 0.1) is 0 Å². The second-order valence-corrected chi connectivity index (χ2v) is 8.44. The number of carboxylic acids is 4. The third kappa shape index (κ3) is 7.24. The Hall–Kier alpha value is -2.84. The van der Waals surface area contributed by atoms with E-state index in [9.17, 15) is 19.2 Å². The minimum Gasteiger partial charge on any atom is -0.478 e. The maximum atomic E-state index is 10.8. The maximum absolute atomic E-state index is 10.8. The van der Waals surface area contributed by atoms with Crippen molar-refractivity contribution < 1.29 is 52.9 Å². The highest BCUT2D eigenvalue weighted by atomic mass is 28.4. The molecule has 0 amide bonds. The van der Waals surface area contributed by atoms with Crippen LogP contribution in [-0.4, -0.2) is 81.0 Å². The first-order valence-corrected chi connectivity index (χ1v) is 9.90. The molecule has 0 heterocycles. The van der Waals surface area contributed by atoms with Crippen molar-refractivity contribution in [1.82, 2.24) is 0 Å². The normalized spacial score (nSPS) is 10.6. The van der Waals surface area contributed by atoms with Gasteiger partial charge in [0.1, 0.15) is 0 Å². The van der Waals surface area contributed by atoms with E-state index in [4.69, 9.17) is 39.4 Å². The van der Waals surface area contributed by atoms with Gasteiger partial charge in [0.05, 0.1) is 22.3 Å². The molecule has 29 heavy (non-hydrogen) atoms. The summed E-state index contributed by atoms with van der Waals surface area (Å²) in [6.45, 7) is 0.644. The molecule has 0 aliphatic rings. The third-order valence-corrected chi connectivity index (χ3v) is 6.53. The SMILES string of the molecule is CO[Si](CCCN)(OC)OC.O=C(O)c1cc(C(=O)O)c(C(=O)O)cc1C(=O)O. The first kappa shape index (κ1) is 26.2. The summed E-state index contributed by atoms with van der Waals surface area (Å²) >= 11 is 0. The van der Waals surface area contributed by atoms with Gasteiger partial charge >= 0.3 is 32.7 Å². The zero-order valence-corrected chi connectivity index (χ0v) is 17.0. The van der Waals surface area contributed by atoms with Gasteiger partial charge in [-0.3, -0.25) is 0 Å². The summed E-state index contributed by atoms with van der Waals surface area (Å²) in [7, 11) is 2.50. The molecule has 12 nitrogen and oxygen atoms in total. The maximum Gasteiger partial charge on any atom is 0.500 e. The molecular formula is C16H23NO11Si. The Labute approximate surface area is 166 Å². The van der Waals surface area contributed by atoms with Crippen molar-refractivity contribution in [3.63, 3.8) is 0 Å². The number of carboxylic acid groups (broad SMARTS) is 4. The molecule has 0 aliphatic heterocycles. The molecule has 6 N–H and O–H groups in total. The molecule has 13 heteroatoms. The van der Waals surface area contributed by atoms with E-state index in [2.05, 4.69) is 0 Å². The van der Waals surface area contributed by atoms with E-state index >= 15 is 0 Å². The molecule has 0 unspecified atom stereocenters. The van der Waals surface area contributed by atoms with E-state index in [1.54, 1.807) is 21.3 Å². The Morgan fingerprint density at radius 2 is 1.03 bits per heavy atom. The number of benzene rings is 1. The molecule has 0 aromatic heterocycles. The largest absolute Gasteiger partial charge is 0.500 e. The molecule has 0 spiro atoms. The number of nitrogens with two attached hydrogens (primary N) is 1. The van der Waals surface area contributed by atoms with Crippen LogP contribution in [-0.2, 0) is 13.3 Å². The first-order chi connectivity index (χ1) is 13.5. The van der Waals surface area contributed by atoms with E-state index in [0.717, 1.165) is 12.5 Å². The van der Waals surface area contributed by atoms with Crippen LogP contribution in [0.5, 0.6) is 0 Å². The fourth-order valence-electron chi connectivity index (χ4n) is 2.18. The predicted octanol–water partition coefficient (Wildman–Crippen LogP) is 0.693. The fourth-order valence-corrected chi connectivity index (χ4v) is 3.93. The van der Waals surface area contributed by atoms with Gasteiger partial charge in [0.2, 0.25) is 0 Å². The van der Waals surface area contributed by atoms with Gasteiger partial charge in [0, 0.05) is 27.4 Å². The minimum absolute atomic E-state index is 0.511. The average molecular weight is 433 g/mol. The summed E-state index contributed by atoms with van der Waals surface area (Å²) in [5.74, 6) is -6.64. The quantitative estimate of drug-likeness (QED) is 0.323.